The van der Waals surface area contributed by atoms with Gasteiger partial charge in [0, 0.05) is 12.6 Å². The quantitative estimate of drug-likeness (QED) is 0.877. The highest BCUT2D eigenvalue weighted by atomic mass is 32.2. The van der Waals surface area contributed by atoms with Crippen molar-refractivity contribution in [1.29, 1.82) is 0 Å². The third-order valence-corrected chi connectivity index (χ3v) is 5.45. The summed E-state index contributed by atoms with van der Waals surface area (Å²) in [6, 6.07) is 5.97. The van der Waals surface area contributed by atoms with Crippen LogP contribution < -0.4 is 5.32 Å². The maximum Gasteiger partial charge on any atom is 0.150 e. The van der Waals surface area contributed by atoms with E-state index in [-0.39, 0.29) is 29.9 Å². The predicted molar refractivity (Wildman–Crippen MR) is 75.6 cm³/mol. The van der Waals surface area contributed by atoms with Crippen LogP contribution >= 0.6 is 0 Å². The Morgan fingerprint density at radius 2 is 2.05 bits per heavy atom. The zero-order chi connectivity index (χ0) is 14.8. The number of benzene rings is 1. The molecule has 112 valence electrons. The highest BCUT2D eigenvalue weighted by molar-refractivity contribution is 7.91. The SMILES string of the molecule is CC(O)(CNC1CCS(=O)(=O)CC1)c1cccc(F)c1. The number of aliphatic hydroxyl groups is 1. The molecule has 1 heterocycles. The van der Waals surface area contributed by atoms with Crippen LogP contribution in [0.4, 0.5) is 4.39 Å². The van der Waals surface area contributed by atoms with Crippen molar-refractivity contribution in [1.82, 2.24) is 5.32 Å². The summed E-state index contributed by atoms with van der Waals surface area (Å²) in [5, 5.41) is 13.6. The summed E-state index contributed by atoms with van der Waals surface area (Å²) < 4.78 is 35.9. The molecule has 6 heteroatoms. The smallest absolute Gasteiger partial charge is 0.150 e. The van der Waals surface area contributed by atoms with Gasteiger partial charge in [-0.05, 0) is 37.5 Å². The Bertz CT molecular complexity index is 558. The van der Waals surface area contributed by atoms with E-state index >= 15 is 0 Å². The van der Waals surface area contributed by atoms with E-state index in [1.807, 2.05) is 0 Å². The molecule has 1 fully saturated rings. The van der Waals surface area contributed by atoms with Gasteiger partial charge in [-0.3, -0.25) is 0 Å². The van der Waals surface area contributed by atoms with Gasteiger partial charge in [0.2, 0.25) is 0 Å². The molecule has 0 amide bonds. The van der Waals surface area contributed by atoms with E-state index in [0.717, 1.165) is 0 Å². The first-order valence-corrected chi connectivity index (χ1v) is 8.53. The fourth-order valence-electron chi connectivity index (χ4n) is 2.36. The van der Waals surface area contributed by atoms with Gasteiger partial charge in [-0.2, -0.15) is 0 Å². The highest BCUT2D eigenvalue weighted by Crippen LogP contribution is 2.21. The van der Waals surface area contributed by atoms with Crippen molar-refractivity contribution >= 4 is 9.84 Å². The van der Waals surface area contributed by atoms with E-state index in [1.54, 1.807) is 19.1 Å². The van der Waals surface area contributed by atoms with Crippen LogP contribution in [-0.2, 0) is 15.4 Å². The molecule has 0 spiro atoms. The molecule has 0 radical (unpaired) electrons. The Kier molecular flexibility index (Phi) is 4.46. The van der Waals surface area contributed by atoms with Crippen molar-refractivity contribution in [2.45, 2.75) is 31.4 Å². The summed E-state index contributed by atoms with van der Waals surface area (Å²) in [4.78, 5) is 0. The molecule has 0 saturated carbocycles. The fraction of sp³-hybridized carbons (Fsp3) is 0.571. The van der Waals surface area contributed by atoms with Crippen LogP contribution in [-0.4, -0.2) is 37.6 Å². The Morgan fingerprint density at radius 1 is 1.40 bits per heavy atom. The van der Waals surface area contributed by atoms with Crippen molar-refractivity contribution in [3.05, 3.63) is 35.6 Å². The molecular formula is C14H20FNO3S. The molecule has 1 saturated heterocycles. The van der Waals surface area contributed by atoms with E-state index < -0.39 is 15.4 Å². The Labute approximate surface area is 118 Å². The minimum absolute atomic E-state index is 0.0820. The van der Waals surface area contributed by atoms with Crippen LogP contribution in [0.5, 0.6) is 0 Å². The number of sulfone groups is 1. The van der Waals surface area contributed by atoms with E-state index in [0.29, 0.717) is 18.4 Å². The summed E-state index contributed by atoms with van der Waals surface area (Å²) in [5.74, 6) is -0.00829. The lowest BCUT2D eigenvalue weighted by Gasteiger charge is -2.29. The van der Waals surface area contributed by atoms with Crippen molar-refractivity contribution in [3.8, 4) is 0 Å². The number of halogens is 1. The molecule has 1 unspecified atom stereocenters. The molecule has 2 rings (SSSR count). The lowest BCUT2D eigenvalue weighted by Crippen LogP contribution is -2.44. The third kappa shape index (κ3) is 4.01. The number of hydrogen-bond acceptors (Lipinski definition) is 4. The molecule has 0 bridgehead atoms. The third-order valence-electron chi connectivity index (χ3n) is 3.74. The lowest BCUT2D eigenvalue weighted by molar-refractivity contribution is 0.0531. The summed E-state index contributed by atoms with van der Waals surface area (Å²) in [5.41, 5.74) is -0.674. The summed E-state index contributed by atoms with van der Waals surface area (Å²) in [6.07, 6.45) is 1.11. The predicted octanol–water partition coefficient (Wildman–Crippen LogP) is 1.20. The van der Waals surface area contributed by atoms with Gasteiger partial charge in [0.15, 0.2) is 0 Å². The summed E-state index contributed by atoms with van der Waals surface area (Å²) >= 11 is 0. The van der Waals surface area contributed by atoms with Gasteiger partial charge in [0.1, 0.15) is 15.7 Å². The van der Waals surface area contributed by atoms with E-state index in [2.05, 4.69) is 5.32 Å². The Hall–Kier alpha value is -0.980. The fourth-order valence-corrected chi connectivity index (χ4v) is 3.85. The maximum absolute atomic E-state index is 13.2. The van der Waals surface area contributed by atoms with Crippen molar-refractivity contribution in [2.24, 2.45) is 0 Å². The van der Waals surface area contributed by atoms with Crippen LogP contribution in [0, 0.1) is 5.82 Å². The van der Waals surface area contributed by atoms with Gasteiger partial charge in [0.25, 0.3) is 0 Å². The molecular weight excluding hydrogens is 281 g/mol. The molecule has 1 aliphatic heterocycles. The monoisotopic (exact) mass is 301 g/mol. The molecule has 1 aliphatic rings. The maximum atomic E-state index is 13.2. The second-order valence-corrected chi connectivity index (χ2v) is 7.89. The van der Waals surface area contributed by atoms with E-state index in [4.69, 9.17) is 0 Å². The second kappa shape index (κ2) is 5.79. The number of rotatable bonds is 4. The Balaban J connectivity index is 1.93. The largest absolute Gasteiger partial charge is 0.384 e. The topological polar surface area (TPSA) is 66.4 Å². The van der Waals surface area contributed by atoms with Gasteiger partial charge < -0.3 is 10.4 Å². The second-order valence-electron chi connectivity index (χ2n) is 5.59. The van der Waals surface area contributed by atoms with Crippen LogP contribution in [0.2, 0.25) is 0 Å². The van der Waals surface area contributed by atoms with Crippen molar-refractivity contribution < 1.29 is 17.9 Å². The highest BCUT2D eigenvalue weighted by Gasteiger charge is 2.27. The van der Waals surface area contributed by atoms with Crippen LogP contribution in [0.3, 0.4) is 0 Å². The minimum Gasteiger partial charge on any atom is -0.384 e. The first kappa shape index (κ1) is 15.4. The molecule has 1 atom stereocenters. The molecule has 20 heavy (non-hydrogen) atoms. The zero-order valence-corrected chi connectivity index (χ0v) is 12.3. The summed E-state index contributed by atoms with van der Waals surface area (Å²) in [7, 11) is -2.88. The van der Waals surface area contributed by atoms with Crippen LogP contribution in [0.15, 0.2) is 24.3 Å². The first-order chi connectivity index (χ1) is 9.28. The Morgan fingerprint density at radius 3 is 2.65 bits per heavy atom. The molecule has 4 nitrogen and oxygen atoms in total. The van der Waals surface area contributed by atoms with Crippen LogP contribution in [0.1, 0.15) is 25.3 Å². The average Bonchev–Trinajstić information content (AvgIpc) is 2.37. The zero-order valence-electron chi connectivity index (χ0n) is 11.5. The van der Waals surface area contributed by atoms with Gasteiger partial charge >= 0.3 is 0 Å². The number of nitrogens with one attached hydrogen (secondary N) is 1. The minimum atomic E-state index is -2.88. The average molecular weight is 301 g/mol. The molecule has 1 aromatic rings. The van der Waals surface area contributed by atoms with Crippen molar-refractivity contribution in [3.63, 3.8) is 0 Å². The van der Waals surface area contributed by atoms with Crippen molar-refractivity contribution in [2.75, 3.05) is 18.1 Å². The molecule has 1 aromatic carbocycles. The molecule has 0 aliphatic carbocycles. The number of hydrogen-bond donors (Lipinski definition) is 2. The summed E-state index contributed by atoms with van der Waals surface area (Å²) in [6.45, 7) is 1.88. The lowest BCUT2D eigenvalue weighted by atomic mass is 9.95. The van der Waals surface area contributed by atoms with Crippen LogP contribution in [0.25, 0.3) is 0 Å². The van der Waals surface area contributed by atoms with Gasteiger partial charge in [-0.15, -0.1) is 0 Å². The standard InChI is InChI=1S/C14H20FNO3S/c1-14(17,11-3-2-4-12(15)9-11)10-16-13-5-7-20(18,19)8-6-13/h2-4,9,13,16-17H,5-8,10H2,1H3. The van der Waals surface area contributed by atoms with Gasteiger partial charge in [-0.1, -0.05) is 12.1 Å². The van der Waals surface area contributed by atoms with E-state index in [9.17, 15) is 17.9 Å². The molecule has 0 aromatic heterocycles. The first-order valence-electron chi connectivity index (χ1n) is 6.71. The van der Waals surface area contributed by atoms with Gasteiger partial charge in [0.05, 0.1) is 17.1 Å². The normalized spacial score (nSPS) is 22.4. The molecule has 2 N–H and O–H groups in total. The van der Waals surface area contributed by atoms with E-state index in [1.165, 1.54) is 12.1 Å². The van der Waals surface area contributed by atoms with Gasteiger partial charge in [-0.25, -0.2) is 12.8 Å².